The second kappa shape index (κ2) is 6.65. The van der Waals surface area contributed by atoms with Crippen molar-refractivity contribution in [3.05, 3.63) is 46.8 Å². The van der Waals surface area contributed by atoms with Crippen LogP contribution in [0.4, 0.5) is 8.78 Å². The van der Waals surface area contributed by atoms with Gasteiger partial charge in [0.05, 0.1) is 5.69 Å². The highest BCUT2D eigenvalue weighted by Crippen LogP contribution is 2.57. The molecule has 1 saturated heterocycles. The third kappa shape index (κ3) is 2.83. The smallest absolute Gasteiger partial charge is 0.272 e. The Labute approximate surface area is 162 Å². The van der Waals surface area contributed by atoms with Gasteiger partial charge in [-0.3, -0.25) is 9.69 Å². The zero-order valence-corrected chi connectivity index (χ0v) is 15.9. The quantitative estimate of drug-likeness (QED) is 0.859. The van der Waals surface area contributed by atoms with E-state index in [-0.39, 0.29) is 11.6 Å². The Morgan fingerprint density at radius 3 is 3.00 bits per heavy atom. The van der Waals surface area contributed by atoms with Crippen LogP contribution in [-0.4, -0.2) is 46.3 Å². The van der Waals surface area contributed by atoms with Crippen LogP contribution in [0.15, 0.2) is 18.2 Å². The maximum Gasteiger partial charge on any atom is 0.272 e. The molecule has 2 heterocycles. The monoisotopic (exact) mass is 386 g/mol. The Balaban J connectivity index is 1.43. The molecule has 1 aromatic carbocycles. The highest BCUT2D eigenvalue weighted by Gasteiger charge is 2.50. The van der Waals surface area contributed by atoms with Crippen LogP contribution in [0.25, 0.3) is 5.69 Å². The molecule has 1 amide bonds. The van der Waals surface area contributed by atoms with Crippen molar-refractivity contribution < 1.29 is 13.6 Å². The molecule has 1 saturated carbocycles. The van der Waals surface area contributed by atoms with Crippen LogP contribution in [0.2, 0.25) is 0 Å². The first-order valence-electron chi connectivity index (χ1n) is 10.2. The number of halogens is 2. The largest absolute Gasteiger partial charge is 0.349 e. The van der Waals surface area contributed by atoms with E-state index in [0.717, 1.165) is 56.1 Å². The zero-order chi connectivity index (χ0) is 19.4. The van der Waals surface area contributed by atoms with Crippen LogP contribution in [0.3, 0.4) is 0 Å². The summed E-state index contributed by atoms with van der Waals surface area (Å²) in [7, 11) is 0. The molecule has 1 N–H and O–H groups in total. The summed E-state index contributed by atoms with van der Waals surface area (Å²) >= 11 is 0. The first-order chi connectivity index (χ1) is 13.6. The summed E-state index contributed by atoms with van der Waals surface area (Å²) in [5.74, 6) is -0.615. The van der Waals surface area contributed by atoms with Crippen LogP contribution in [-0.2, 0) is 6.42 Å². The second-order valence-electron chi connectivity index (χ2n) is 8.16. The molecular weight excluding hydrogens is 362 g/mol. The number of likely N-dealkylation sites (N-methyl/N-ethyl adjacent to an activating group) is 1. The zero-order valence-electron chi connectivity index (χ0n) is 15.9. The summed E-state index contributed by atoms with van der Waals surface area (Å²) in [5.41, 5.74) is 2.46. The van der Waals surface area contributed by atoms with Crippen molar-refractivity contribution in [2.75, 3.05) is 19.6 Å². The third-order valence-corrected chi connectivity index (χ3v) is 6.52. The van der Waals surface area contributed by atoms with E-state index in [1.165, 1.54) is 16.8 Å². The van der Waals surface area contributed by atoms with E-state index in [2.05, 4.69) is 22.2 Å². The molecule has 3 aliphatic rings. The lowest BCUT2D eigenvalue weighted by Crippen LogP contribution is -2.40. The maximum absolute atomic E-state index is 14.4. The summed E-state index contributed by atoms with van der Waals surface area (Å²) in [5, 5.41) is 7.53. The van der Waals surface area contributed by atoms with Crippen molar-refractivity contribution >= 4 is 5.91 Å². The Morgan fingerprint density at radius 2 is 2.21 bits per heavy atom. The molecule has 148 valence electrons. The van der Waals surface area contributed by atoms with E-state index in [9.17, 15) is 13.6 Å². The van der Waals surface area contributed by atoms with Gasteiger partial charge in [-0.15, -0.1) is 0 Å². The van der Waals surface area contributed by atoms with Crippen LogP contribution < -0.4 is 5.32 Å². The minimum atomic E-state index is -0.661. The molecule has 3 atom stereocenters. The number of rotatable bonds is 5. The number of amides is 1. The Morgan fingerprint density at radius 1 is 1.36 bits per heavy atom. The molecule has 0 radical (unpaired) electrons. The number of carbonyl (C=O) groups is 1. The number of likely N-dealkylation sites (tertiary alicyclic amines) is 1. The van der Waals surface area contributed by atoms with E-state index < -0.39 is 11.6 Å². The van der Waals surface area contributed by atoms with Crippen LogP contribution >= 0.6 is 0 Å². The van der Waals surface area contributed by atoms with Gasteiger partial charge < -0.3 is 5.32 Å². The molecule has 7 heteroatoms. The van der Waals surface area contributed by atoms with Gasteiger partial charge in [-0.25, -0.2) is 13.5 Å². The first-order valence-corrected chi connectivity index (χ1v) is 10.2. The number of aromatic nitrogens is 2. The predicted octanol–water partition coefficient (Wildman–Crippen LogP) is 3.02. The fourth-order valence-corrected chi connectivity index (χ4v) is 4.97. The molecule has 1 aliphatic heterocycles. The molecule has 5 nitrogen and oxygen atoms in total. The number of nitrogens with zero attached hydrogens (tertiary/aromatic N) is 3. The number of carbonyl (C=O) groups excluding carboxylic acids is 1. The van der Waals surface area contributed by atoms with Crippen LogP contribution in [0, 0.1) is 17.6 Å². The summed E-state index contributed by atoms with van der Waals surface area (Å²) in [6.07, 6.45) is 4.11. The van der Waals surface area contributed by atoms with Crippen molar-refractivity contribution in [3.8, 4) is 5.69 Å². The van der Waals surface area contributed by atoms with E-state index >= 15 is 0 Å². The molecule has 1 aromatic heterocycles. The van der Waals surface area contributed by atoms with Gasteiger partial charge in [0.25, 0.3) is 5.91 Å². The van der Waals surface area contributed by atoms with Gasteiger partial charge in [-0.2, -0.15) is 5.10 Å². The van der Waals surface area contributed by atoms with Gasteiger partial charge in [-0.05, 0) is 56.8 Å². The fourth-order valence-electron chi connectivity index (χ4n) is 4.97. The van der Waals surface area contributed by atoms with Gasteiger partial charge in [0.15, 0.2) is 11.5 Å². The number of hydrogen-bond donors (Lipinski definition) is 1. The summed E-state index contributed by atoms with van der Waals surface area (Å²) in [6, 6.07) is 3.85. The van der Waals surface area contributed by atoms with Crippen molar-refractivity contribution in [2.45, 2.75) is 44.6 Å². The van der Waals surface area contributed by atoms with Gasteiger partial charge >= 0.3 is 0 Å². The standard InChI is InChI=1S/C21H24F2N4O/c1-2-26-7-3-4-14(26)11-24-21(28)19-16-9-12-8-15(12)20(16)27(25-19)18-6-5-13(22)10-17(18)23/h5-6,10,12,14-15H,2-4,7-9,11H2,1H3,(H,24,28)/t12-,14+,15-/m0/s1. The van der Waals surface area contributed by atoms with Gasteiger partial charge in [0.1, 0.15) is 11.5 Å². The molecular formula is C21H24F2N4O. The minimum Gasteiger partial charge on any atom is -0.349 e. The van der Waals surface area contributed by atoms with Crippen molar-refractivity contribution in [1.82, 2.24) is 20.0 Å². The fraction of sp³-hybridized carbons (Fsp3) is 0.524. The lowest BCUT2D eigenvalue weighted by atomic mass is 10.1. The number of benzene rings is 1. The van der Waals surface area contributed by atoms with Crippen LogP contribution in [0.1, 0.15) is 53.8 Å². The Kier molecular flexibility index (Phi) is 4.23. The molecule has 28 heavy (non-hydrogen) atoms. The molecule has 5 rings (SSSR count). The molecule has 0 spiro atoms. The number of hydrogen-bond acceptors (Lipinski definition) is 3. The summed E-state index contributed by atoms with van der Waals surface area (Å²) in [4.78, 5) is 15.3. The molecule has 0 unspecified atom stereocenters. The highest BCUT2D eigenvalue weighted by atomic mass is 19.1. The first kappa shape index (κ1) is 17.8. The predicted molar refractivity (Wildman–Crippen MR) is 101 cm³/mol. The number of fused-ring (bicyclic) bond motifs is 3. The average molecular weight is 386 g/mol. The number of nitrogens with one attached hydrogen (secondary N) is 1. The van der Waals surface area contributed by atoms with Crippen molar-refractivity contribution in [2.24, 2.45) is 5.92 Å². The van der Waals surface area contributed by atoms with Gasteiger partial charge in [0.2, 0.25) is 0 Å². The van der Waals surface area contributed by atoms with E-state index in [1.807, 2.05) is 0 Å². The summed E-state index contributed by atoms with van der Waals surface area (Å²) < 4.78 is 29.2. The second-order valence-corrected chi connectivity index (χ2v) is 8.16. The molecule has 2 aromatic rings. The van der Waals surface area contributed by atoms with Crippen molar-refractivity contribution in [1.29, 1.82) is 0 Å². The molecule has 0 bridgehead atoms. The van der Waals surface area contributed by atoms with E-state index in [1.54, 1.807) is 0 Å². The SMILES string of the molecule is CCN1CCC[C@@H]1CNC(=O)c1nn(-c2ccc(F)cc2F)c2c1C[C@@H]1C[C@H]21. The average Bonchev–Trinajstić information content (AvgIpc) is 3.03. The maximum atomic E-state index is 14.4. The van der Waals surface area contributed by atoms with Gasteiger partial charge in [-0.1, -0.05) is 6.92 Å². The van der Waals surface area contributed by atoms with E-state index in [4.69, 9.17) is 0 Å². The Bertz CT molecular complexity index is 941. The minimum absolute atomic E-state index is 0.193. The Hall–Kier alpha value is -2.28. The highest BCUT2D eigenvalue weighted by molar-refractivity contribution is 5.94. The lowest BCUT2D eigenvalue weighted by Gasteiger charge is -2.22. The van der Waals surface area contributed by atoms with Crippen molar-refractivity contribution in [3.63, 3.8) is 0 Å². The van der Waals surface area contributed by atoms with Gasteiger partial charge in [0, 0.05) is 30.1 Å². The van der Waals surface area contributed by atoms with Crippen LogP contribution in [0.5, 0.6) is 0 Å². The van der Waals surface area contributed by atoms with E-state index in [0.29, 0.717) is 30.1 Å². The molecule has 2 fully saturated rings. The molecule has 2 aliphatic carbocycles. The lowest BCUT2D eigenvalue weighted by molar-refractivity contribution is 0.0935. The summed E-state index contributed by atoms with van der Waals surface area (Å²) in [6.45, 7) is 4.80. The third-order valence-electron chi connectivity index (χ3n) is 6.52. The normalized spacial score (nSPS) is 25.6. The topological polar surface area (TPSA) is 50.2 Å².